The average molecular weight is 622 g/mol. The van der Waals surface area contributed by atoms with Crippen LogP contribution in [0, 0.1) is 0 Å². The maximum Gasteiger partial charge on any atom is 0.330 e. The highest BCUT2D eigenvalue weighted by molar-refractivity contribution is 7.91. The van der Waals surface area contributed by atoms with Crippen LogP contribution in [0.3, 0.4) is 0 Å². The molecule has 0 fully saturated rings. The molecule has 0 aliphatic heterocycles. The van der Waals surface area contributed by atoms with Gasteiger partial charge in [0.05, 0.1) is 15.9 Å². The number of ether oxygens (including phenoxy) is 1. The number of aromatic hydroxyl groups is 1. The van der Waals surface area contributed by atoms with Gasteiger partial charge in [-0.2, -0.15) is 0 Å². The predicted octanol–water partition coefficient (Wildman–Crippen LogP) is 4.51. The van der Waals surface area contributed by atoms with E-state index in [9.17, 15) is 28.2 Å². The van der Waals surface area contributed by atoms with Crippen molar-refractivity contribution in [1.82, 2.24) is 15.0 Å². The van der Waals surface area contributed by atoms with Crippen molar-refractivity contribution in [2.75, 3.05) is 6.61 Å². The van der Waals surface area contributed by atoms with Crippen LogP contribution < -0.4 is 0 Å². The number of hydrogen-bond acceptors (Lipinski definition) is 9. The number of nitrogens with zero attached hydrogens (tertiary/aromatic N) is 3. The van der Waals surface area contributed by atoms with Gasteiger partial charge in [-0.15, -0.1) is 15.0 Å². The lowest BCUT2D eigenvalue weighted by molar-refractivity contribution is -0.146. The maximum atomic E-state index is 13.1. The molecule has 3 aromatic carbocycles. The van der Waals surface area contributed by atoms with E-state index in [-0.39, 0.29) is 59.1 Å². The third kappa shape index (κ3) is 7.50. The summed E-state index contributed by atoms with van der Waals surface area (Å²) in [6.45, 7) is 8.92. The molecular weight excluding hydrogens is 586 g/mol. The highest BCUT2D eigenvalue weighted by Gasteiger charge is 2.24. The number of benzene rings is 3. The van der Waals surface area contributed by atoms with Gasteiger partial charge in [0.25, 0.3) is 0 Å². The van der Waals surface area contributed by atoms with Crippen molar-refractivity contribution < 1.29 is 38.1 Å². The molecule has 0 saturated heterocycles. The summed E-state index contributed by atoms with van der Waals surface area (Å²) in [6.07, 6.45) is -0.620. The summed E-state index contributed by atoms with van der Waals surface area (Å²) in [6, 6.07) is 16.0. The Morgan fingerprint density at radius 1 is 0.977 bits per heavy atom. The number of rotatable bonds is 12. The SMILES string of the molecule is C=C(CCC(O)COC(=O)CCc1cc(-n2nc3ccc(S(=O)(=O)c4ccccc4)cc3n2)c(O)c(C(C)(C)C)c1)C(=O)O. The van der Waals surface area contributed by atoms with Gasteiger partial charge in [0.1, 0.15) is 29.1 Å². The van der Waals surface area contributed by atoms with E-state index in [1.165, 1.54) is 29.1 Å². The van der Waals surface area contributed by atoms with Gasteiger partial charge in [0.15, 0.2) is 0 Å². The van der Waals surface area contributed by atoms with Gasteiger partial charge >= 0.3 is 11.9 Å². The number of esters is 1. The number of hydrogen-bond donors (Lipinski definition) is 3. The van der Waals surface area contributed by atoms with Crippen LogP contribution in [0.15, 0.2) is 82.6 Å². The summed E-state index contributed by atoms with van der Waals surface area (Å²) in [5, 5.41) is 39.1. The van der Waals surface area contributed by atoms with Gasteiger partial charge in [0, 0.05) is 17.6 Å². The number of phenols is 1. The Kier molecular flexibility index (Phi) is 9.55. The molecule has 1 aromatic heterocycles. The average Bonchev–Trinajstić information content (AvgIpc) is 3.41. The number of sulfone groups is 1. The largest absolute Gasteiger partial charge is 0.505 e. The van der Waals surface area contributed by atoms with Crippen LogP contribution in [0.4, 0.5) is 0 Å². The molecule has 1 atom stereocenters. The van der Waals surface area contributed by atoms with Crippen LogP contribution in [0.5, 0.6) is 5.75 Å². The number of aliphatic carboxylic acids is 1. The van der Waals surface area contributed by atoms with E-state index in [0.29, 0.717) is 22.2 Å². The van der Waals surface area contributed by atoms with Gasteiger partial charge in [-0.25, -0.2) is 13.2 Å². The van der Waals surface area contributed by atoms with E-state index >= 15 is 0 Å². The Balaban J connectivity index is 1.55. The lowest BCUT2D eigenvalue weighted by Gasteiger charge is -2.23. The molecule has 3 N–H and O–H groups in total. The van der Waals surface area contributed by atoms with E-state index in [4.69, 9.17) is 9.84 Å². The number of aryl methyl sites for hydroxylation is 1. The number of carboxylic acids is 1. The van der Waals surface area contributed by atoms with E-state index in [2.05, 4.69) is 16.8 Å². The van der Waals surface area contributed by atoms with Crippen LogP contribution in [0.25, 0.3) is 16.7 Å². The number of phenolic OH excluding ortho intramolecular Hbond substituents is 1. The van der Waals surface area contributed by atoms with Crippen molar-refractivity contribution in [2.45, 2.75) is 67.8 Å². The molecule has 1 heterocycles. The minimum Gasteiger partial charge on any atom is -0.505 e. The number of aromatic nitrogens is 3. The Bertz CT molecular complexity index is 1810. The molecule has 1 unspecified atom stereocenters. The summed E-state index contributed by atoms with van der Waals surface area (Å²) < 4.78 is 31.4. The van der Waals surface area contributed by atoms with E-state index in [0.717, 1.165) is 0 Å². The van der Waals surface area contributed by atoms with Gasteiger partial charge in [0.2, 0.25) is 9.84 Å². The number of aliphatic hydroxyl groups is 1. The fraction of sp³-hybridized carbons (Fsp3) is 0.312. The molecule has 0 saturated carbocycles. The molecule has 0 aliphatic carbocycles. The number of carbonyl (C=O) groups is 2. The molecule has 4 rings (SSSR count). The lowest BCUT2D eigenvalue weighted by Crippen LogP contribution is -2.19. The van der Waals surface area contributed by atoms with Crippen LogP contribution in [0.1, 0.15) is 51.2 Å². The van der Waals surface area contributed by atoms with Crippen molar-refractivity contribution in [1.29, 1.82) is 0 Å². The summed E-state index contributed by atoms with van der Waals surface area (Å²) in [5.74, 6) is -1.74. The standard InChI is InChI=1S/C32H35N3O8S/c1-20(31(39)40)10-12-22(36)19-43-29(37)15-11-21-16-25(32(2,3)4)30(38)28(17-21)35-33-26-14-13-24(18-27(26)34-35)44(41,42)23-8-6-5-7-9-23/h5-9,13-14,16-18,22,36,38H,1,10-12,15,19H2,2-4H3,(H,39,40). The molecule has 12 heteroatoms. The predicted molar refractivity (Wildman–Crippen MR) is 162 cm³/mol. The fourth-order valence-electron chi connectivity index (χ4n) is 4.49. The fourth-order valence-corrected chi connectivity index (χ4v) is 5.79. The first-order valence-corrected chi connectivity index (χ1v) is 15.4. The van der Waals surface area contributed by atoms with Crippen molar-refractivity contribution in [3.05, 3.63) is 83.9 Å². The molecule has 11 nitrogen and oxygen atoms in total. The first kappa shape index (κ1) is 32.4. The van der Waals surface area contributed by atoms with E-state index < -0.39 is 33.3 Å². The third-order valence-corrected chi connectivity index (χ3v) is 8.79. The van der Waals surface area contributed by atoms with Crippen molar-refractivity contribution >= 4 is 32.8 Å². The molecule has 0 spiro atoms. The zero-order valence-electron chi connectivity index (χ0n) is 24.7. The first-order chi connectivity index (χ1) is 20.7. The first-order valence-electron chi connectivity index (χ1n) is 14.0. The quantitative estimate of drug-likeness (QED) is 0.151. The zero-order chi connectivity index (χ0) is 32.2. The van der Waals surface area contributed by atoms with Gasteiger partial charge < -0.3 is 20.1 Å². The summed E-state index contributed by atoms with van der Waals surface area (Å²) in [5.41, 5.74) is 1.78. The number of carboxylic acid groups (broad SMARTS) is 1. The normalized spacial score (nSPS) is 12.6. The number of fused-ring (bicyclic) bond motifs is 1. The maximum absolute atomic E-state index is 13.1. The van der Waals surface area contributed by atoms with Crippen molar-refractivity contribution in [3.63, 3.8) is 0 Å². The van der Waals surface area contributed by atoms with Crippen molar-refractivity contribution in [3.8, 4) is 11.4 Å². The van der Waals surface area contributed by atoms with Gasteiger partial charge in [-0.05, 0) is 66.6 Å². The zero-order valence-corrected chi connectivity index (χ0v) is 25.5. The molecular formula is C32H35N3O8S. The monoisotopic (exact) mass is 621 g/mol. The van der Waals surface area contributed by atoms with Crippen LogP contribution in [-0.2, 0) is 36.0 Å². The minimum absolute atomic E-state index is 0.0163. The second kappa shape index (κ2) is 13.0. The van der Waals surface area contributed by atoms with Crippen LogP contribution in [-0.4, -0.2) is 63.4 Å². The van der Waals surface area contributed by atoms with Crippen molar-refractivity contribution in [2.24, 2.45) is 0 Å². The number of aliphatic hydroxyl groups excluding tert-OH is 1. The van der Waals surface area contributed by atoms with Crippen LogP contribution >= 0.6 is 0 Å². The lowest BCUT2D eigenvalue weighted by atomic mass is 9.84. The summed E-state index contributed by atoms with van der Waals surface area (Å²) in [4.78, 5) is 24.7. The second-order valence-corrected chi connectivity index (χ2v) is 13.5. The molecule has 0 bridgehead atoms. The molecule has 0 radical (unpaired) electrons. The van der Waals surface area contributed by atoms with E-state index in [1.54, 1.807) is 36.4 Å². The highest BCUT2D eigenvalue weighted by Crippen LogP contribution is 2.37. The topological polar surface area (TPSA) is 169 Å². The van der Waals surface area contributed by atoms with E-state index in [1.807, 2.05) is 20.8 Å². The highest BCUT2D eigenvalue weighted by atomic mass is 32.2. The molecule has 0 aliphatic rings. The minimum atomic E-state index is -3.78. The van der Waals surface area contributed by atoms with Gasteiger partial charge in [-0.3, -0.25) is 4.79 Å². The van der Waals surface area contributed by atoms with Crippen LogP contribution in [0.2, 0.25) is 0 Å². The molecule has 44 heavy (non-hydrogen) atoms. The Labute approximate surface area is 255 Å². The molecule has 232 valence electrons. The molecule has 4 aromatic rings. The third-order valence-electron chi connectivity index (χ3n) is 7.02. The summed E-state index contributed by atoms with van der Waals surface area (Å²) in [7, 11) is -3.78. The second-order valence-electron chi connectivity index (χ2n) is 11.5. The Morgan fingerprint density at radius 3 is 2.32 bits per heavy atom. The van der Waals surface area contributed by atoms with Gasteiger partial charge in [-0.1, -0.05) is 51.6 Å². The Morgan fingerprint density at radius 2 is 1.66 bits per heavy atom. The smallest absolute Gasteiger partial charge is 0.330 e. The Hall–Kier alpha value is -4.55. The number of carbonyl (C=O) groups excluding carboxylic acids is 1. The molecule has 0 amide bonds. The summed E-state index contributed by atoms with van der Waals surface area (Å²) >= 11 is 0.